The third-order valence-corrected chi connectivity index (χ3v) is 2.55. The minimum Gasteiger partial charge on any atom is -0.465 e. The summed E-state index contributed by atoms with van der Waals surface area (Å²) in [4.78, 5) is 37.9. The van der Waals surface area contributed by atoms with Crippen molar-refractivity contribution in [2.45, 2.75) is 6.42 Å². The number of benzene rings is 2. The Morgan fingerprint density at radius 1 is 0.667 bits per heavy atom. The van der Waals surface area contributed by atoms with E-state index in [1.165, 1.54) is 21.8 Å². The fourth-order valence-electron chi connectivity index (χ4n) is 1.64. The van der Waals surface area contributed by atoms with E-state index >= 15 is 0 Å². The number of carboxylic acid groups (broad SMARTS) is 2. The largest absolute Gasteiger partial charge is 0.465 e. The lowest BCUT2D eigenvalue weighted by Crippen LogP contribution is -2.33. The number of carbonyl (C=O) groups is 4. The van der Waals surface area contributed by atoms with Gasteiger partial charge in [-0.3, -0.25) is 0 Å². The van der Waals surface area contributed by atoms with Crippen LogP contribution in [0.2, 0.25) is 0 Å². The first-order valence-electron chi connectivity index (χ1n) is 7.37. The van der Waals surface area contributed by atoms with Crippen molar-refractivity contribution in [3.05, 3.63) is 71.8 Å². The highest BCUT2D eigenvalue weighted by atomic mass is 16.4. The highest BCUT2D eigenvalue weighted by molar-refractivity contribution is 5.88. The molecule has 27 heavy (non-hydrogen) atoms. The van der Waals surface area contributed by atoms with E-state index in [0.717, 1.165) is 6.42 Å². The second-order valence-corrected chi connectivity index (χ2v) is 4.74. The third kappa shape index (κ3) is 15.2. The molecule has 0 bridgehead atoms. The van der Waals surface area contributed by atoms with Crippen molar-refractivity contribution < 1.29 is 29.4 Å². The highest BCUT2D eigenvalue weighted by Gasteiger charge is 1.95. The van der Waals surface area contributed by atoms with Crippen molar-refractivity contribution in [1.82, 2.24) is 10.6 Å². The number of rotatable bonds is 2. The Labute approximate surface area is 154 Å². The predicted octanol–water partition coefficient (Wildman–Crippen LogP) is 1.94. The molecule has 0 heterocycles. The van der Waals surface area contributed by atoms with Crippen molar-refractivity contribution in [1.29, 1.82) is 0 Å². The van der Waals surface area contributed by atoms with Crippen LogP contribution in [-0.4, -0.2) is 34.5 Å². The maximum atomic E-state index is 9.54. The molecule has 6 amide bonds. The molecule has 10 nitrogen and oxygen atoms in total. The summed E-state index contributed by atoms with van der Waals surface area (Å²) in [5.41, 5.74) is 11.5. The fraction of sp³-hybridized carbons (Fsp3) is 0.0588. The van der Waals surface area contributed by atoms with Crippen LogP contribution in [0.3, 0.4) is 0 Å². The van der Waals surface area contributed by atoms with Gasteiger partial charge in [-0.15, -0.1) is 0 Å². The molecule has 2 rings (SSSR count). The maximum absolute atomic E-state index is 9.54. The van der Waals surface area contributed by atoms with Crippen LogP contribution in [-0.2, 0) is 6.42 Å². The second kappa shape index (κ2) is 13.2. The summed E-state index contributed by atoms with van der Waals surface area (Å²) >= 11 is 0. The summed E-state index contributed by atoms with van der Waals surface area (Å²) in [6.07, 6.45) is -1.85. The molecule has 0 aliphatic heterocycles. The van der Waals surface area contributed by atoms with Gasteiger partial charge in [-0.05, 0) is 17.5 Å². The summed E-state index contributed by atoms with van der Waals surface area (Å²) in [5.74, 6) is 0. The number of amides is 6. The lowest BCUT2D eigenvalue weighted by molar-refractivity contribution is 0.191. The van der Waals surface area contributed by atoms with Crippen molar-refractivity contribution in [3.63, 3.8) is 0 Å². The zero-order chi connectivity index (χ0) is 20.7. The van der Waals surface area contributed by atoms with Crippen LogP contribution in [0.4, 0.5) is 19.2 Å². The molecule has 0 spiro atoms. The molecule has 0 fully saturated rings. The summed E-state index contributed by atoms with van der Waals surface area (Å²) in [6.45, 7) is 0. The molecule has 0 unspecified atom stereocenters. The van der Waals surface area contributed by atoms with E-state index < -0.39 is 24.2 Å². The van der Waals surface area contributed by atoms with Crippen molar-refractivity contribution in [2.75, 3.05) is 0 Å². The van der Waals surface area contributed by atoms with Gasteiger partial charge in [0.2, 0.25) is 0 Å². The average molecular weight is 376 g/mol. The summed E-state index contributed by atoms with van der Waals surface area (Å²) in [6, 6.07) is 18.9. The third-order valence-electron chi connectivity index (χ3n) is 2.55. The number of primary amides is 2. The van der Waals surface area contributed by atoms with Crippen LogP contribution in [0.15, 0.2) is 60.7 Å². The quantitative estimate of drug-likeness (QED) is 0.465. The number of urea groups is 2. The minimum atomic E-state index is -1.44. The first-order chi connectivity index (χ1) is 12.7. The van der Waals surface area contributed by atoms with Gasteiger partial charge in [-0.2, -0.15) is 0 Å². The number of carbonyl (C=O) groups excluding carboxylic acids is 2. The van der Waals surface area contributed by atoms with Crippen molar-refractivity contribution in [2.24, 2.45) is 11.5 Å². The summed E-state index contributed by atoms with van der Waals surface area (Å²) in [7, 11) is 0. The monoisotopic (exact) mass is 376 g/mol. The Morgan fingerprint density at radius 3 is 1.15 bits per heavy atom. The van der Waals surface area contributed by atoms with Crippen LogP contribution in [0.1, 0.15) is 11.1 Å². The van der Waals surface area contributed by atoms with Gasteiger partial charge >= 0.3 is 24.2 Å². The Hall–Kier alpha value is -4.08. The summed E-state index contributed by atoms with van der Waals surface area (Å²) < 4.78 is 0. The fourth-order valence-corrected chi connectivity index (χ4v) is 1.64. The van der Waals surface area contributed by atoms with Crippen molar-refractivity contribution in [3.8, 4) is 0 Å². The topological polar surface area (TPSA) is 185 Å². The predicted molar refractivity (Wildman–Crippen MR) is 97.2 cm³/mol. The van der Waals surface area contributed by atoms with E-state index in [9.17, 15) is 19.2 Å². The zero-order valence-corrected chi connectivity index (χ0v) is 14.2. The van der Waals surface area contributed by atoms with E-state index in [-0.39, 0.29) is 0 Å². The number of imide groups is 2. The van der Waals surface area contributed by atoms with E-state index in [1.54, 1.807) is 0 Å². The Bertz CT molecular complexity index is 650. The van der Waals surface area contributed by atoms with Crippen LogP contribution >= 0.6 is 0 Å². The van der Waals surface area contributed by atoms with E-state index in [0.29, 0.717) is 0 Å². The average Bonchev–Trinajstić information content (AvgIpc) is 2.55. The van der Waals surface area contributed by atoms with Gasteiger partial charge in [0.15, 0.2) is 0 Å². The van der Waals surface area contributed by atoms with Gasteiger partial charge in [0.1, 0.15) is 0 Å². The second-order valence-electron chi connectivity index (χ2n) is 4.74. The molecule has 0 aliphatic rings. The van der Waals surface area contributed by atoms with Crippen LogP contribution < -0.4 is 22.1 Å². The molecular weight excluding hydrogens is 356 g/mol. The SMILES string of the molecule is NC(=O)NC(=O)O.NC(=O)NC(=O)O.c1ccc(Cc2ccccc2)cc1. The van der Waals surface area contributed by atoms with Gasteiger partial charge in [0.25, 0.3) is 0 Å². The molecule has 0 aliphatic carbocycles. The standard InChI is InChI=1S/C13H12.2C2H4N2O3/c1-3-7-12(8-4-1)11-13-9-5-2-6-10-13;2*3-1(5)4-2(6)7/h1-10H,11H2;2*(H,6,7)(H3,3,4,5). The smallest absolute Gasteiger partial charge is 0.412 e. The van der Waals surface area contributed by atoms with Gasteiger partial charge in [0.05, 0.1) is 0 Å². The number of nitrogens with one attached hydrogen (secondary N) is 2. The van der Waals surface area contributed by atoms with Crippen LogP contribution in [0.25, 0.3) is 0 Å². The molecule has 0 saturated heterocycles. The molecule has 8 N–H and O–H groups in total. The molecule has 0 saturated carbocycles. The van der Waals surface area contributed by atoms with Crippen molar-refractivity contribution >= 4 is 24.2 Å². The molecule has 144 valence electrons. The lowest BCUT2D eigenvalue weighted by Gasteiger charge is -2.00. The normalized spacial score (nSPS) is 8.59. The van der Waals surface area contributed by atoms with E-state index in [4.69, 9.17) is 10.2 Å². The maximum Gasteiger partial charge on any atom is 0.412 e. The van der Waals surface area contributed by atoms with E-state index in [1.807, 2.05) is 0 Å². The molecular formula is C17H20N4O6. The Kier molecular flexibility index (Phi) is 11.2. The molecule has 0 radical (unpaired) electrons. The van der Waals surface area contributed by atoms with Crippen LogP contribution in [0, 0.1) is 0 Å². The number of hydrogen-bond donors (Lipinski definition) is 6. The molecule has 2 aromatic rings. The van der Waals surface area contributed by atoms with Crippen LogP contribution in [0.5, 0.6) is 0 Å². The lowest BCUT2D eigenvalue weighted by atomic mass is 10.1. The van der Waals surface area contributed by atoms with Gasteiger partial charge in [-0.1, -0.05) is 60.7 Å². The Balaban J connectivity index is 0.000000416. The molecule has 10 heteroatoms. The van der Waals surface area contributed by atoms with Gasteiger partial charge in [-0.25, -0.2) is 29.8 Å². The number of nitrogens with two attached hydrogens (primary N) is 2. The first kappa shape index (κ1) is 22.9. The minimum absolute atomic E-state index is 1.03. The number of hydrogen-bond acceptors (Lipinski definition) is 4. The first-order valence-corrected chi connectivity index (χ1v) is 7.37. The van der Waals surface area contributed by atoms with Gasteiger partial charge < -0.3 is 21.7 Å². The Morgan fingerprint density at radius 2 is 0.963 bits per heavy atom. The molecule has 0 atom stereocenters. The molecule has 2 aromatic carbocycles. The summed E-state index contributed by atoms with van der Waals surface area (Å²) in [5, 5.41) is 18.1. The van der Waals surface area contributed by atoms with Gasteiger partial charge in [0, 0.05) is 0 Å². The van der Waals surface area contributed by atoms with E-state index in [2.05, 4.69) is 72.1 Å². The highest BCUT2D eigenvalue weighted by Crippen LogP contribution is 2.07. The molecule has 0 aromatic heterocycles. The zero-order valence-electron chi connectivity index (χ0n) is 14.2.